The minimum Gasteiger partial charge on any atom is -0.377 e. The van der Waals surface area contributed by atoms with E-state index >= 15 is 0 Å². The molecule has 74 valence electrons. The van der Waals surface area contributed by atoms with Gasteiger partial charge in [-0.15, -0.1) is 0 Å². The fourth-order valence-corrected chi connectivity index (χ4v) is 1.08. The second kappa shape index (κ2) is 6.39. The van der Waals surface area contributed by atoms with E-state index in [0.717, 1.165) is 26.3 Å². The quantitative estimate of drug-likeness (QED) is 0.522. The lowest BCUT2D eigenvalue weighted by Gasteiger charge is -2.12. The SMILES string of the molecule is POC(Cl)CC#[N+]N1CCOCC1. The van der Waals surface area contributed by atoms with Crippen molar-refractivity contribution in [2.75, 3.05) is 26.3 Å². The number of hydrogen-bond acceptors (Lipinski definition) is 3. The van der Waals surface area contributed by atoms with Crippen LogP contribution in [0.4, 0.5) is 0 Å². The molecule has 1 rings (SSSR count). The fraction of sp³-hybridized carbons (Fsp3) is 0.857. The van der Waals surface area contributed by atoms with Crippen molar-refractivity contribution in [1.82, 2.24) is 5.01 Å². The Labute approximate surface area is 85.2 Å². The highest BCUT2D eigenvalue weighted by Gasteiger charge is 2.15. The Hall–Kier alpha value is -0.0700. The molecule has 0 N–H and O–H groups in total. The van der Waals surface area contributed by atoms with Crippen molar-refractivity contribution < 1.29 is 9.26 Å². The molecule has 13 heavy (non-hydrogen) atoms. The summed E-state index contributed by atoms with van der Waals surface area (Å²) in [6.07, 6.45) is 0.489. The van der Waals surface area contributed by atoms with Crippen LogP contribution in [0, 0.1) is 6.07 Å². The first-order valence-corrected chi connectivity index (χ1v) is 4.99. The van der Waals surface area contributed by atoms with Gasteiger partial charge in [0.05, 0.1) is 18.2 Å². The van der Waals surface area contributed by atoms with Crippen LogP contribution in [-0.2, 0) is 9.26 Å². The average Bonchev–Trinajstić information content (AvgIpc) is 2.19. The lowest BCUT2D eigenvalue weighted by Crippen LogP contribution is -2.30. The number of rotatable bonds is 2. The van der Waals surface area contributed by atoms with Crippen LogP contribution in [0.1, 0.15) is 6.42 Å². The Morgan fingerprint density at radius 2 is 2.31 bits per heavy atom. The Morgan fingerprint density at radius 3 is 2.92 bits per heavy atom. The van der Waals surface area contributed by atoms with Gasteiger partial charge in [0.25, 0.3) is 0 Å². The summed E-state index contributed by atoms with van der Waals surface area (Å²) in [5.74, 6) is 0. The van der Waals surface area contributed by atoms with E-state index < -0.39 is 0 Å². The molecule has 0 saturated carbocycles. The van der Waals surface area contributed by atoms with Gasteiger partial charge in [-0.2, -0.15) is 0 Å². The second-order valence-electron chi connectivity index (χ2n) is 2.57. The third kappa shape index (κ3) is 4.64. The van der Waals surface area contributed by atoms with Crippen molar-refractivity contribution in [3.05, 3.63) is 4.95 Å². The summed E-state index contributed by atoms with van der Waals surface area (Å²) in [7, 11) is 2.11. The molecular weight excluding hydrogens is 211 g/mol. The smallest absolute Gasteiger partial charge is 0.323 e. The number of ether oxygens (including phenoxy) is 1. The summed E-state index contributed by atoms with van der Waals surface area (Å²) in [4.78, 5) is 4.10. The first-order chi connectivity index (χ1) is 6.33. The van der Waals surface area contributed by atoms with Gasteiger partial charge in [-0.25, -0.2) is 0 Å². The first kappa shape index (κ1) is 11.0. The summed E-state index contributed by atoms with van der Waals surface area (Å²) in [6.45, 7) is 3.11. The molecule has 1 fully saturated rings. The van der Waals surface area contributed by atoms with Crippen LogP contribution in [0.15, 0.2) is 0 Å². The van der Waals surface area contributed by atoms with Crippen molar-refractivity contribution in [2.24, 2.45) is 0 Å². The van der Waals surface area contributed by atoms with E-state index in [9.17, 15) is 0 Å². The van der Waals surface area contributed by atoms with Gasteiger partial charge in [-0.3, -0.25) is 0 Å². The molecule has 1 saturated heterocycles. The number of halogens is 1. The molecule has 0 aromatic heterocycles. The number of nitrogens with zero attached hydrogens (tertiary/aromatic N) is 2. The van der Waals surface area contributed by atoms with Gasteiger partial charge >= 0.3 is 6.07 Å². The standard InChI is InChI=1S/C7H13ClN2O2P/c8-7(12-13)1-2-9-10-3-5-11-6-4-10/h7H,1,3-6,13H2/q+1. The topological polar surface area (TPSA) is 26.1 Å². The summed E-state index contributed by atoms with van der Waals surface area (Å²) < 4.78 is 9.92. The summed E-state index contributed by atoms with van der Waals surface area (Å²) in [5.41, 5.74) is -0.366. The van der Waals surface area contributed by atoms with Crippen LogP contribution in [0.25, 0.3) is 4.95 Å². The average molecular weight is 224 g/mol. The van der Waals surface area contributed by atoms with Gasteiger partial charge in [0.15, 0.2) is 5.56 Å². The molecule has 4 nitrogen and oxygen atoms in total. The van der Waals surface area contributed by atoms with E-state index in [0.29, 0.717) is 6.42 Å². The molecule has 1 aliphatic rings. The van der Waals surface area contributed by atoms with Crippen molar-refractivity contribution >= 4 is 21.1 Å². The van der Waals surface area contributed by atoms with Gasteiger partial charge in [-0.1, -0.05) is 16.6 Å². The van der Waals surface area contributed by atoms with E-state index in [-0.39, 0.29) is 5.56 Å². The van der Waals surface area contributed by atoms with E-state index in [1.807, 2.05) is 5.01 Å². The number of hydrogen-bond donors (Lipinski definition) is 0. The van der Waals surface area contributed by atoms with Gasteiger partial charge in [0, 0.05) is 9.47 Å². The van der Waals surface area contributed by atoms with Gasteiger partial charge in [0.1, 0.15) is 19.5 Å². The van der Waals surface area contributed by atoms with Gasteiger partial charge in [-0.05, 0) is 0 Å². The lowest BCUT2D eigenvalue weighted by molar-refractivity contribution is 0.0582. The zero-order valence-corrected chi connectivity index (χ0v) is 9.19. The maximum Gasteiger partial charge on any atom is 0.323 e. The lowest BCUT2D eigenvalue weighted by atomic mass is 10.5. The van der Waals surface area contributed by atoms with Crippen LogP contribution in [0.2, 0.25) is 0 Å². The Kier molecular flexibility index (Phi) is 5.41. The Bertz CT molecular complexity index is 200. The first-order valence-electron chi connectivity index (χ1n) is 4.08. The van der Waals surface area contributed by atoms with Crippen molar-refractivity contribution in [1.29, 1.82) is 0 Å². The maximum atomic E-state index is 5.67. The van der Waals surface area contributed by atoms with E-state index in [1.165, 1.54) is 0 Å². The molecule has 1 aliphatic heterocycles. The van der Waals surface area contributed by atoms with E-state index in [1.54, 1.807) is 0 Å². The minimum atomic E-state index is -0.366. The predicted molar refractivity (Wildman–Crippen MR) is 54.7 cm³/mol. The largest absolute Gasteiger partial charge is 0.377 e. The number of morpholine rings is 1. The molecule has 0 amide bonds. The second-order valence-corrected chi connectivity index (χ2v) is 3.33. The molecule has 0 aliphatic carbocycles. The molecule has 0 spiro atoms. The molecule has 1 heterocycles. The molecule has 2 unspecified atom stereocenters. The highest BCUT2D eigenvalue weighted by molar-refractivity contribution is 7.10. The van der Waals surface area contributed by atoms with Crippen LogP contribution in [0.3, 0.4) is 0 Å². The maximum absolute atomic E-state index is 5.67. The molecular formula is C7H13ClN2O2P+. The summed E-state index contributed by atoms with van der Waals surface area (Å²) >= 11 is 5.67. The normalized spacial score (nSPS) is 19.1. The zero-order valence-electron chi connectivity index (χ0n) is 7.28. The molecule has 0 aromatic carbocycles. The van der Waals surface area contributed by atoms with Crippen molar-refractivity contribution in [2.45, 2.75) is 12.0 Å². The highest BCUT2D eigenvalue weighted by Crippen LogP contribution is 2.07. The molecule has 0 aromatic rings. The van der Waals surface area contributed by atoms with E-state index in [2.05, 4.69) is 20.5 Å². The highest BCUT2D eigenvalue weighted by atomic mass is 35.5. The van der Waals surface area contributed by atoms with E-state index in [4.69, 9.17) is 20.9 Å². The van der Waals surface area contributed by atoms with Crippen LogP contribution in [0.5, 0.6) is 0 Å². The third-order valence-corrected chi connectivity index (χ3v) is 2.36. The summed E-state index contributed by atoms with van der Waals surface area (Å²) in [6, 6.07) is 2.83. The summed E-state index contributed by atoms with van der Waals surface area (Å²) in [5, 5.41) is 1.91. The third-order valence-electron chi connectivity index (χ3n) is 1.60. The Morgan fingerprint density at radius 1 is 1.62 bits per heavy atom. The van der Waals surface area contributed by atoms with Crippen molar-refractivity contribution in [3.8, 4) is 6.07 Å². The molecule has 0 bridgehead atoms. The van der Waals surface area contributed by atoms with Crippen LogP contribution in [-0.4, -0.2) is 36.9 Å². The minimum absolute atomic E-state index is 0.366. The monoisotopic (exact) mass is 223 g/mol. The molecule has 2 atom stereocenters. The van der Waals surface area contributed by atoms with Crippen molar-refractivity contribution in [3.63, 3.8) is 0 Å². The fourth-order valence-electron chi connectivity index (χ4n) is 0.914. The number of alkyl halides is 1. The van der Waals surface area contributed by atoms with Gasteiger partial charge in [0.2, 0.25) is 0 Å². The van der Waals surface area contributed by atoms with Crippen LogP contribution >= 0.6 is 21.1 Å². The van der Waals surface area contributed by atoms with Crippen LogP contribution < -0.4 is 0 Å². The molecule has 0 radical (unpaired) electrons. The zero-order chi connectivity index (χ0) is 9.52. The molecule has 6 heteroatoms. The van der Waals surface area contributed by atoms with Gasteiger partial charge < -0.3 is 9.26 Å². The predicted octanol–water partition coefficient (Wildman–Crippen LogP) is 1.33. The Balaban J connectivity index is 2.20.